The molecular formula is C15H22ClN3O2. The normalized spacial score (nSPS) is 15.9. The number of nitrogens with zero attached hydrogens (tertiary/aromatic N) is 1. The first-order valence-electron chi connectivity index (χ1n) is 7.15. The van der Waals surface area contributed by atoms with Crippen molar-refractivity contribution < 1.29 is 9.53 Å². The van der Waals surface area contributed by atoms with Gasteiger partial charge in [-0.2, -0.15) is 0 Å². The van der Waals surface area contributed by atoms with Gasteiger partial charge in [-0.15, -0.1) is 0 Å². The van der Waals surface area contributed by atoms with Gasteiger partial charge in [0, 0.05) is 31.3 Å². The van der Waals surface area contributed by atoms with Crippen molar-refractivity contribution in [3.8, 4) is 0 Å². The highest BCUT2D eigenvalue weighted by Gasteiger charge is 2.42. The molecule has 1 aliphatic rings. The van der Waals surface area contributed by atoms with Crippen LogP contribution in [0.3, 0.4) is 0 Å². The fourth-order valence-electron chi connectivity index (χ4n) is 2.26. The zero-order valence-electron chi connectivity index (χ0n) is 12.7. The first-order valence-corrected chi connectivity index (χ1v) is 7.53. The van der Waals surface area contributed by atoms with E-state index in [0.717, 1.165) is 12.8 Å². The fraction of sp³-hybridized carbons (Fsp3) is 0.600. The van der Waals surface area contributed by atoms with E-state index in [1.54, 1.807) is 13.2 Å². The summed E-state index contributed by atoms with van der Waals surface area (Å²) < 4.78 is 5.21. The first-order chi connectivity index (χ1) is 9.96. The highest BCUT2D eigenvalue weighted by Crippen LogP contribution is 2.45. The summed E-state index contributed by atoms with van der Waals surface area (Å²) in [6.45, 7) is 5.33. The number of rotatable bonds is 7. The van der Waals surface area contributed by atoms with Gasteiger partial charge in [-0.1, -0.05) is 11.6 Å². The molecule has 1 saturated carbocycles. The Morgan fingerprint density at radius 2 is 2.24 bits per heavy atom. The standard InChI is InChI=1S/C15H22ClN3O2/c1-10(2)19-12-6-13(16)17-7-11(12)14(20)18-8-15(4-5-15)9-21-3/h6-7,10H,4-5,8-9H2,1-3H3,(H,17,19)(H,18,20). The van der Waals surface area contributed by atoms with Crippen molar-refractivity contribution in [1.29, 1.82) is 0 Å². The van der Waals surface area contributed by atoms with E-state index in [1.807, 2.05) is 13.8 Å². The number of anilines is 1. The van der Waals surface area contributed by atoms with E-state index >= 15 is 0 Å². The highest BCUT2D eigenvalue weighted by molar-refractivity contribution is 6.29. The molecule has 116 valence electrons. The molecule has 2 rings (SSSR count). The Bertz CT molecular complexity index is 516. The molecule has 0 unspecified atom stereocenters. The summed E-state index contributed by atoms with van der Waals surface area (Å²) in [7, 11) is 1.69. The van der Waals surface area contributed by atoms with Crippen LogP contribution in [0.5, 0.6) is 0 Å². The molecule has 0 aliphatic heterocycles. The Labute approximate surface area is 130 Å². The molecule has 1 fully saturated rings. The van der Waals surface area contributed by atoms with Gasteiger partial charge in [0.1, 0.15) is 5.15 Å². The molecule has 0 radical (unpaired) electrons. The molecule has 1 aromatic heterocycles. The monoisotopic (exact) mass is 311 g/mol. The maximum Gasteiger partial charge on any atom is 0.254 e. The average Bonchev–Trinajstić information content (AvgIpc) is 3.16. The smallest absolute Gasteiger partial charge is 0.254 e. The van der Waals surface area contributed by atoms with Crippen molar-refractivity contribution in [2.45, 2.75) is 32.7 Å². The molecule has 1 amide bonds. The van der Waals surface area contributed by atoms with Crippen molar-refractivity contribution in [3.05, 3.63) is 23.0 Å². The van der Waals surface area contributed by atoms with Crippen LogP contribution in [0.2, 0.25) is 5.15 Å². The SMILES string of the molecule is COCC1(CNC(=O)c2cnc(Cl)cc2NC(C)C)CC1. The van der Waals surface area contributed by atoms with Gasteiger partial charge in [-0.3, -0.25) is 4.79 Å². The zero-order valence-corrected chi connectivity index (χ0v) is 13.5. The van der Waals surface area contributed by atoms with E-state index in [-0.39, 0.29) is 17.4 Å². The summed E-state index contributed by atoms with van der Waals surface area (Å²) in [6, 6.07) is 1.89. The molecular weight excluding hydrogens is 290 g/mol. The minimum absolute atomic E-state index is 0.121. The molecule has 1 heterocycles. The van der Waals surface area contributed by atoms with Gasteiger partial charge < -0.3 is 15.4 Å². The number of ether oxygens (including phenoxy) is 1. The first kappa shape index (κ1) is 16.0. The summed E-state index contributed by atoms with van der Waals surface area (Å²) in [5, 5.41) is 6.57. The minimum Gasteiger partial charge on any atom is -0.384 e. The Morgan fingerprint density at radius 3 is 2.81 bits per heavy atom. The van der Waals surface area contributed by atoms with E-state index < -0.39 is 0 Å². The van der Waals surface area contributed by atoms with Crippen LogP contribution in [0.1, 0.15) is 37.0 Å². The van der Waals surface area contributed by atoms with Crippen molar-refractivity contribution in [2.24, 2.45) is 5.41 Å². The lowest BCUT2D eigenvalue weighted by Gasteiger charge is -2.17. The van der Waals surface area contributed by atoms with E-state index in [1.165, 1.54) is 6.20 Å². The van der Waals surface area contributed by atoms with Crippen molar-refractivity contribution in [3.63, 3.8) is 0 Å². The number of hydrogen-bond acceptors (Lipinski definition) is 4. The zero-order chi connectivity index (χ0) is 15.5. The van der Waals surface area contributed by atoms with Crippen LogP contribution in [0.25, 0.3) is 0 Å². The van der Waals surface area contributed by atoms with E-state index in [2.05, 4.69) is 15.6 Å². The number of aromatic nitrogens is 1. The van der Waals surface area contributed by atoms with Crippen molar-refractivity contribution in [1.82, 2.24) is 10.3 Å². The van der Waals surface area contributed by atoms with Crippen LogP contribution in [-0.2, 0) is 4.74 Å². The van der Waals surface area contributed by atoms with Gasteiger partial charge in [0.25, 0.3) is 5.91 Å². The van der Waals surface area contributed by atoms with E-state index in [4.69, 9.17) is 16.3 Å². The molecule has 6 heteroatoms. The van der Waals surface area contributed by atoms with Crippen LogP contribution in [-0.4, -0.2) is 37.2 Å². The molecule has 0 saturated heterocycles. The maximum absolute atomic E-state index is 12.4. The van der Waals surface area contributed by atoms with Crippen molar-refractivity contribution >= 4 is 23.2 Å². The largest absolute Gasteiger partial charge is 0.384 e. The van der Waals surface area contributed by atoms with Crippen LogP contribution >= 0.6 is 11.6 Å². The van der Waals surface area contributed by atoms with Crippen LogP contribution < -0.4 is 10.6 Å². The number of carbonyl (C=O) groups excluding carboxylic acids is 1. The summed E-state index contributed by atoms with van der Waals surface area (Å²) in [6.07, 6.45) is 3.70. The third-order valence-corrected chi connectivity index (χ3v) is 3.80. The van der Waals surface area contributed by atoms with Gasteiger partial charge in [-0.25, -0.2) is 4.98 Å². The van der Waals surface area contributed by atoms with Gasteiger partial charge in [0.15, 0.2) is 0 Å². The van der Waals surface area contributed by atoms with Gasteiger partial charge in [0.05, 0.1) is 17.9 Å². The van der Waals surface area contributed by atoms with E-state index in [9.17, 15) is 4.79 Å². The number of methoxy groups -OCH3 is 1. The Hall–Kier alpha value is -1.33. The number of pyridine rings is 1. The second kappa shape index (κ2) is 6.62. The molecule has 1 aliphatic carbocycles. The average molecular weight is 312 g/mol. The molecule has 2 N–H and O–H groups in total. The topological polar surface area (TPSA) is 63.2 Å². The van der Waals surface area contributed by atoms with Crippen LogP contribution in [0, 0.1) is 5.41 Å². The predicted octanol–water partition coefficient (Wildman–Crippen LogP) is 2.71. The molecule has 21 heavy (non-hydrogen) atoms. The lowest BCUT2D eigenvalue weighted by atomic mass is 10.1. The number of halogens is 1. The van der Waals surface area contributed by atoms with E-state index in [0.29, 0.717) is 29.6 Å². The second-order valence-electron chi connectivity index (χ2n) is 5.97. The molecule has 1 aromatic rings. The summed E-state index contributed by atoms with van der Waals surface area (Å²) in [5.41, 5.74) is 1.34. The quantitative estimate of drug-likeness (QED) is 0.760. The van der Waals surface area contributed by atoms with Crippen LogP contribution in [0.4, 0.5) is 5.69 Å². The van der Waals surface area contributed by atoms with Crippen LogP contribution in [0.15, 0.2) is 12.3 Å². The van der Waals surface area contributed by atoms with Gasteiger partial charge in [0.2, 0.25) is 0 Å². The maximum atomic E-state index is 12.4. The molecule has 0 atom stereocenters. The Kier molecular flexibility index (Phi) is 5.06. The molecule has 5 nitrogen and oxygen atoms in total. The van der Waals surface area contributed by atoms with Gasteiger partial charge >= 0.3 is 0 Å². The number of amides is 1. The molecule has 0 spiro atoms. The summed E-state index contributed by atoms with van der Waals surface area (Å²) in [4.78, 5) is 16.4. The Morgan fingerprint density at radius 1 is 1.52 bits per heavy atom. The predicted molar refractivity (Wildman–Crippen MR) is 83.9 cm³/mol. The number of nitrogens with one attached hydrogen (secondary N) is 2. The summed E-state index contributed by atoms with van der Waals surface area (Å²) in [5.74, 6) is -0.135. The number of hydrogen-bond donors (Lipinski definition) is 2. The molecule has 0 bridgehead atoms. The number of carbonyl (C=O) groups is 1. The highest BCUT2D eigenvalue weighted by atomic mass is 35.5. The van der Waals surface area contributed by atoms with Crippen molar-refractivity contribution in [2.75, 3.05) is 25.6 Å². The Balaban J connectivity index is 2.04. The lowest BCUT2D eigenvalue weighted by Crippen LogP contribution is -2.33. The molecule has 0 aromatic carbocycles. The fourth-order valence-corrected chi connectivity index (χ4v) is 2.42. The lowest BCUT2D eigenvalue weighted by molar-refractivity contribution is 0.0920. The third-order valence-electron chi connectivity index (χ3n) is 3.59. The third kappa shape index (κ3) is 4.32. The second-order valence-corrected chi connectivity index (χ2v) is 6.35. The summed E-state index contributed by atoms with van der Waals surface area (Å²) >= 11 is 5.91. The van der Waals surface area contributed by atoms with Gasteiger partial charge in [-0.05, 0) is 32.8 Å². The minimum atomic E-state index is -0.135.